The van der Waals surface area contributed by atoms with Gasteiger partial charge in [0.2, 0.25) is 5.78 Å². The Labute approximate surface area is 70.3 Å². The average Bonchev–Trinajstić information content (AvgIpc) is 2.03. The van der Waals surface area contributed by atoms with Crippen LogP contribution in [0.3, 0.4) is 0 Å². The van der Waals surface area contributed by atoms with Gasteiger partial charge in [-0.05, 0) is 0 Å². The van der Waals surface area contributed by atoms with E-state index in [1.807, 2.05) is 0 Å². The van der Waals surface area contributed by atoms with Crippen LogP contribution >= 0.6 is 0 Å². The topological polar surface area (TPSA) is 72.8 Å². The van der Waals surface area contributed by atoms with Crippen LogP contribution in [0.15, 0.2) is 0 Å². The summed E-state index contributed by atoms with van der Waals surface area (Å²) in [6.45, 7) is 0.0305. The molecule has 1 atom stereocenters. The normalized spacial score (nSPS) is 12.2. The van der Waals surface area contributed by atoms with Gasteiger partial charge >= 0.3 is 5.97 Å². The number of ether oxygens (including phenoxy) is 2. The van der Waals surface area contributed by atoms with Crippen LogP contribution in [0.1, 0.15) is 6.42 Å². The van der Waals surface area contributed by atoms with Gasteiger partial charge in [0.25, 0.3) is 0 Å². The van der Waals surface area contributed by atoms with Gasteiger partial charge in [-0.1, -0.05) is 0 Å². The predicted octanol–water partition coefficient (Wildman–Crippen LogP) is -0.874. The minimum atomic E-state index is -0.943. The molecular weight excluding hydrogens is 164 g/mol. The molecule has 0 rings (SSSR count). The zero-order valence-corrected chi connectivity index (χ0v) is 7.07. The van der Waals surface area contributed by atoms with Gasteiger partial charge in [-0.2, -0.15) is 0 Å². The van der Waals surface area contributed by atoms with Gasteiger partial charge in [0.15, 0.2) is 0 Å². The van der Waals surface area contributed by atoms with Crippen molar-refractivity contribution in [3.8, 4) is 0 Å². The monoisotopic (exact) mass is 176 g/mol. The van der Waals surface area contributed by atoms with Gasteiger partial charge < -0.3 is 14.6 Å². The first-order valence-corrected chi connectivity index (χ1v) is 3.40. The average molecular weight is 176 g/mol. The first kappa shape index (κ1) is 11.1. The van der Waals surface area contributed by atoms with Crippen molar-refractivity contribution in [2.75, 3.05) is 20.8 Å². The number of hydrogen-bond donors (Lipinski definition) is 1. The van der Waals surface area contributed by atoms with Gasteiger partial charge in [0.05, 0.1) is 19.8 Å². The highest BCUT2D eigenvalue weighted by Crippen LogP contribution is 1.94. The maximum absolute atomic E-state index is 10.8. The number of aliphatic hydroxyl groups excluding tert-OH is 1. The van der Waals surface area contributed by atoms with E-state index in [2.05, 4.69) is 9.47 Å². The molecule has 1 N–H and O–H groups in total. The number of aliphatic hydroxyl groups is 1. The van der Waals surface area contributed by atoms with Crippen molar-refractivity contribution >= 4 is 11.8 Å². The van der Waals surface area contributed by atoms with Crippen LogP contribution in [0.25, 0.3) is 0 Å². The second-order valence-electron chi connectivity index (χ2n) is 2.23. The summed E-state index contributed by atoms with van der Waals surface area (Å²) in [7, 11) is 2.51. The fraction of sp³-hybridized carbons (Fsp3) is 0.714. The van der Waals surface area contributed by atoms with Gasteiger partial charge in [-0.25, -0.2) is 4.79 Å². The van der Waals surface area contributed by atoms with E-state index in [9.17, 15) is 9.59 Å². The van der Waals surface area contributed by atoms with Crippen LogP contribution in [0, 0.1) is 0 Å². The van der Waals surface area contributed by atoms with E-state index in [-0.39, 0.29) is 13.0 Å². The summed E-state index contributed by atoms with van der Waals surface area (Å²) in [4.78, 5) is 21.3. The van der Waals surface area contributed by atoms with Crippen molar-refractivity contribution in [1.29, 1.82) is 0 Å². The third-order valence-corrected chi connectivity index (χ3v) is 1.19. The lowest BCUT2D eigenvalue weighted by atomic mass is 10.2. The number of Topliss-reactive ketones (excluding diaryl/α,β-unsaturated/α-hetero) is 1. The summed E-state index contributed by atoms with van der Waals surface area (Å²) in [5, 5.41) is 9.01. The summed E-state index contributed by atoms with van der Waals surface area (Å²) in [5.41, 5.74) is 0. The SMILES string of the molecule is COC[C@@H](O)CC(=O)C(=O)OC. The third kappa shape index (κ3) is 4.05. The van der Waals surface area contributed by atoms with E-state index in [0.717, 1.165) is 7.11 Å². The molecule has 0 fully saturated rings. The van der Waals surface area contributed by atoms with E-state index in [1.165, 1.54) is 7.11 Å². The van der Waals surface area contributed by atoms with E-state index in [0.29, 0.717) is 0 Å². The zero-order chi connectivity index (χ0) is 9.56. The maximum atomic E-state index is 10.8. The molecule has 0 radical (unpaired) electrons. The van der Waals surface area contributed by atoms with Crippen molar-refractivity contribution in [3.63, 3.8) is 0 Å². The highest BCUT2D eigenvalue weighted by molar-refractivity contribution is 6.33. The lowest BCUT2D eigenvalue weighted by Crippen LogP contribution is -2.24. The fourth-order valence-corrected chi connectivity index (χ4v) is 0.662. The van der Waals surface area contributed by atoms with E-state index < -0.39 is 17.9 Å². The van der Waals surface area contributed by atoms with Crippen molar-refractivity contribution in [2.24, 2.45) is 0 Å². The molecule has 0 aromatic rings. The Kier molecular flexibility index (Phi) is 5.23. The number of ketones is 1. The van der Waals surface area contributed by atoms with E-state index in [4.69, 9.17) is 5.11 Å². The molecule has 0 heterocycles. The first-order chi connectivity index (χ1) is 5.61. The molecule has 0 bridgehead atoms. The van der Waals surface area contributed by atoms with Gasteiger partial charge in [0.1, 0.15) is 0 Å². The summed E-state index contributed by atoms with van der Waals surface area (Å²) < 4.78 is 8.71. The van der Waals surface area contributed by atoms with Gasteiger partial charge in [-0.15, -0.1) is 0 Å². The molecule has 0 aliphatic heterocycles. The number of esters is 1. The molecule has 0 unspecified atom stereocenters. The maximum Gasteiger partial charge on any atom is 0.374 e. The van der Waals surface area contributed by atoms with Gasteiger partial charge in [-0.3, -0.25) is 4.79 Å². The molecule has 0 aromatic heterocycles. The lowest BCUT2D eigenvalue weighted by molar-refractivity contribution is -0.152. The molecule has 0 saturated heterocycles. The Balaban J connectivity index is 3.76. The first-order valence-electron chi connectivity index (χ1n) is 3.40. The molecule has 5 heteroatoms. The van der Waals surface area contributed by atoms with Crippen LogP contribution in [0.5, 0.6) is 0 Å². The van der Waals surface area contributed by atoms with Crippen LogP contribution in [-0.2, 0) is 19.1 Å². The Hall–Kier alpha value is -0.940. The molecule has 0 aliphatic carbocycles. The van der Waals surface area contributed by atoms with Crippen molar-refractivity contribution in [3.05, 3.63) is 0 Å². The van der Waals surface area contributed by atoms with E-state index in [1.54, 1.807) is 0 Å². The Morgan fingerprint density at radius 1 is 1.42 bits per heavy atom. The summed E-state index contributed by atoms with van der Waals surface area (Å²) in [5.74, 6) is -1.69. The molecule has 0 aromatic carbocycles. The largest absolute Gasteiger partial charge is 0.463 e. The van der Waals surface area contributed by atoms with Crippen LogP contribution < -0.4 is 0 Å². The second kappa shape index (κ2) is 5.68. The van der Waals surface area contributed by atoms with Crippen LogP contribution in [0.2, 0.25) is 0 Å². The summed E-state index contributed by atoms with van der Waals surface area (Å²) >= 11 is 0. The molecule has 0 amide bonds. The lowest BCUT2D eigenvalue weighted by Gasteiger charge is -2.06. The minimum absolute atomic E-state index is 0.0305. The quantitative estimate of drug-likeness (QED) is 0.435. The minimum Gasteiger partial charge on any atom is -0.463 e. The number of carbonyl (C=O) groups excluding carboxylic acids is 2. The number of hydrogen-bond acceptors (Lipinski definition) is 5. The van der Waals surface area contributed by atoms with Crippen LogP contribution in [0.4, 0.5) is 0 Å². The third-order valence-electron chi connectivity index (χ3n) is 1.19. The molecular formula is C7H12O5. The number of methoxy groups -OCH3 is 2. The van der Waals surface area contributed by atoms with Crippen LogP contribution in [-0.4, -0.2) is 43.8 Å². The molecule has 70 valence electrons. The predicted molar refractivity (Wildman–Crippen MR) is 39.5 cm³/mol. The molecule has 12 heavy (non-hydrogen) atoms. The van der Waals surface area contributed by atoms with E-state index >= 15 is 0 Å². The number of carbonyl (C=O) groups is 2. The summed E-state index contributed by atoms with van der Waals surface area (Å²) in [6.07, 6.45) is -1.21. The Morgan fingerprint density at radius 3 is 2.42 bits per heavy atom. The Bertz CT molecular complexity index is 165. The van der Waals surface area contributed by atoms with Crippen molar-refractivity contribution in [1.82, 2.24) is 0 Å². The molecule has 5 nitrogen and oxygen atoms in total. The number of rotatable bonds is 5. The van der Waals surface area contributed by atoms with Crippen molar-refractivity contribution in [2.45, 2.75) is 12.5 Å². The van der Waals surface area contributed by atoms with Gasteiger partial charge in [0, 0.05) is 13.5 Å². The smallest absolute Gasteiger partial charge is 0.374 e. The summed E-state index contributed by atoms with van der Waals surface area (Å²) in [6, 6.07) is 0. The fourth-order valence-electron chi connectivity index (χ4n) is 0.662. The van der Waals surface area contributed by atoms with Crippen molar-refractivity contribution < 1.29 is 24.2 Å². The highest BCUT2D eigenvalue weighted by atomic mass is 16.5. The zero-order valence-electron chi connectivity index (χ0n) is 7.07. The molecule has 0 aliphatic rings. The highest BCUT2D eigenvalue weighted by Gasteiger charge is 2.18. The standard InChI is InChI=1S/C7H12O5/c1-11-4-5(8)3-6(9)7(10)12-2/h5,8H,3-4H2,1-2H3/t5-/m0/s1. The molecule has 0 spiro atoms. The second-order valence-corrected chi connectivity index (χ2v) is 2.23. The Morgan fingerprint density at radius 2 is 2.00 bits per heavy atom. The molecule has 0 saturated carbocycles.